The molecule has 0 aromatic carbocycles. The number of hydrogen-bond acceptors (Lipinski definition) is 12. The molecule has 1 saturated carbocycles. The Kier molecular flexibility index (Phi) is 35.8. The van der Waals surface area contributed by atoms with Crippen molar-refractivity contribution in [3.63, 3.8) is 0 Å². The fourth-order valence-corrected chi connectivity index (χ4v) is 8.61. The standard InChI is InChI=1S/C47H89O13P/c1-3-5-7-9-11-13-15-17-18-19-20-21-22-23-24-26-27-29-31-33-35-40(48)57-37-39(59-41(49)36-34-32-30-28-25-16-14-12-10-8-6-4-2)38-58-61(55,56)60-47-45(53)43(51)42(50)44(52)46(47)54/h12,14,39,42-47,50-54H,3-11,13,15-38H2,1-2H3,(H,55,56)/b14-12-. The van der Waals surface area contributed by atoms with Gasteiger partial charge < -0.3 is 39.9 Å². The first-order valence-electron chi connectivity index (χ1n) is 24.5. The van der Waals surface area contributed by atoms with E-state index in [4.69, 9.17) is 18.5 Å². The Morgan fingerprint density at radius 2 is 0.836 bits per heavy atom. The molecule has 0 bridgehead atoms. The van der Waals surface area contributed by atoms with Crippen molar-refractivity contribution in [2.75, 3.05) is 13.2 Å². The molecular formula is C47H89O13P. The molecular weight excluding hydrogens is 803 g/mol. The third-order valence-corrected chi connectivity index (χ3v) is 12.6. The number of ether oxygens (including phenoxy) is 2. The Morgan fingerprint density at radius 3 is 1.28 bits per heavy atom. The number of aliphatic hydroxyl groups is 5. The van der Waals surface area contributed by atoms with Gasteiger partial charge in [0.15, 0.2) is 6.10 Å². The fourth-order valence-electron chi connectivity index (χ4n) is 7.64. The van der Waals surface area contributed by atoms with Crippen LogP contribution < -0.4 is 0 Å². The predicted octanol–water partition coefficient (Wildman–Crippen LogP) is 9.84. The van der Waals surface area contributed by atoms with Gasteiger partial charge >= 0.3 is 19.8 Å². The van der Waals surface area contributed by atoms with Gasteiger partial charge in [0.2, 0.25) is 0 Å². The highest BCUT2D eigenvalue weighted by Crippen LogP contribution is 2.47. The molecule has 1 aliphatic rings. The Balaban J connectivity index is 2.38. The second-order valence-corrected chi connectivity index (χ2v) is 18.7. The zero-order valence-corrected chi connectivity index (χ0v) is 39.1. The van der Waals surface area contributed by atoms with E-state index in [-0.39, 0.29) is 12.8 Å². The molecule has 0 aromatic heterocycles. The summed E-state index contributed by atoms with van der Waals surface area (Å²) in [5, 5.41) is 50.1. The predicted molar refractivity (Wildman–Crippen MR) is 240 cm³/mol. The number of phosphoric acid groups is 1. The summed E-state index contributed by atoms with van der Waals surface area (Å²) in [6.07, 6.45) is 27.0. The van der Waals surface area contributed by atoms with Crippen LogP contribution in [-0.4, -0.2) is 98.3 Å². The van der Waals surface area contributed by atoms with E-state index in [9.17, 15) is 44.6 Å². The number of aliphatic hydroxyl groups excluding tert-OH is 5. The van der Waals surface area contributed by atoms with Gasteiger partial charge in [0, 0.05) is 12.8 Å². The van der Waals surface area contributed by atoms with E-state index < -0.39 is 75.7 Å². The third kappa shape index (κ3) is 30.4. The highest BCUT2D eigenvalue weighted by Gasteiger charge is 2.51. The van der Waals surface area contributed by atoms with Crippen molar-refractivity contribution in [1.82, 2.24) is 0 Å². The summed E-state index contributed by atoms with van der Waals surface area (Å²) in [6.45, 7) is 3.29. The molecule has 6 unspecified atom stereocenters. The molecule has 61 heavy (non-hydrogen) atoms. The number of carbonyl (C=O) groups excluding carboxylic acids is 2. The van der Waals surface area contributed by atoms with Crippen molar-refractivity contribution < 1.29 is 63.1 Å². The van der Waals surface area contributed by atoms with E-state index in [2.05, 4.69) is 26.0 Å². The minimum Gasteiger partial charge on any atom is -0.462 e. The Labute approximate surface area is 369 Å². The Bertz CT molecular complexity index is 1120. The molecule has 6 N–H and O–H groups in total. The first-order valence-corrected chi connectivity index (χ1v) is 26.0. The molecule has 360 valence electrons. The molecule has 0 radical (unpaired) electrons. The maximum Gasteiger partial charge on any atom is 0.472 e. The van der Waals surface area contributed by atoms with E-state index in [0.717, 1.165) is 57.8 Å². The van der Waals surface area contributed by atoms with Gasteiger partial charge in [-0.1, -0.05) is 180 Å². The van der Waals surface area contributed by atoms with Crippen LogP contribution in [-0.2, 0) is 32.7 Å². The molecule has 0 aromatic rings. The fraction of sp³-hybridized carbons (Fsp3) is 0.915. The van der Waals surface area contributed by atoms with Gasteiger partial charge in [0.1, 0.15) is 43.2 Å². The summed E-state index contributed by atoms with van der Waals surface area (Å²) >= 11 is 0. The van der Waals surface area contributed by atoms with Crippen molar-refractivity contribution in [3.05, 3.63) is 12.2 Å². The maximum atomic E-state index is 12.8. The van der Waals surface area contributed by atoms with Crippen molar-refractivity contribution in [2.24, 2.45) is 0 Å². The molecule has 1 aliphatic carbocycles. The Hall–Kier alpha value is -1.41. The monoisotopic (exact) mass is 893 g/mol. The summed E-state index contributed by atoms with van der Waals surface area (Å²) in [4.78, 5) is 35.7. The van der Waals surface area contributed by atoms with Crippen LogP contribution in [0, 0.1) is 0 Å². The number of phosphoric ester groups is 1. The summed E-state index contributed by atoms with van der Waals surface area (Å²) in [5.41, 5.74) is 0. The van der Waals surface area contributed by atoms with Crippen molar-refractivity contribution in [3.8, 4) is 0 Å². The van der Waals surface area contributed by atoms with Crippen molar-refractivity contribution in [1.29, 1.82) is 0 Å². The first-order chi connectivity index (χ1) is 29.4. The number of allylic oxidation sites excluding steroid dienone is 2. The van der Waals surface area contributed by atoms with Gasteiger partial charge in [-0.3, -0.25) is 18.6 Å². The summed E-state index contributed by atoms with van der Waals surface area (Å²) in [5.74, 6) is -1.10. The minimum atomic E-state index is -5.11. The number of carbonyl (C=O) groups is 2. The normalized spacial score (nSPS) is 22.0. The minimum absolute atomic E-state index is 0.0903. The first kappa shape index (κ1) is 57.6. The zero-order valence-electron chi connectivity index (χ0n) is 38.2. The van der Waals surface area contributed by atoms with Gasteiger partial charge in [0.05, 0.1) is 6.61 Å². The molecule has 14 heteroatoms. The second-order valence-electron chi connectivity index (χ2n) is 17.3. The SMILES string of the molecule is CCCCC/C=C\CCCCCCCC(=O)OC(COC(=O)CCCCCCCCCCCCCCCCCCCCCC)COP(=O)(O)OC1C(O)C(O)C(O)C(O)C1O. The average molecular weight is 893 g/mol. The van der Waals surface area contributed by atoms with Gasteiger partial charge in [-0.25, -0.2) is 4.57 Å². The molecule has 0 saturated heterocycles. The number of rotatable bonds is 41. The molecule has 13 nitrogen and oxygen atoms in total. The summed E-state index contributed by atoms with van der Waals surface area (Å²) in [6, 6.07) is 0. The highest BCUT2D eigenvalue weighted by atomic mass is 31.2. The number of esters is 2. The van der Waals surface area contributed by atoms with Crippen LogP contribution in [0.1, 0.15) is 219 Å². The van der Waals surface area contributed by atoms with Crippen LogP contribution in [0.25, 0.3) is 0 Å². The lowest BCUT2D eigenvalue weighted by atomic mass is 9.85. The topological polar surface area (TPSA) is 210 Å². The largest absolute Gasteiger partial charge is 0.472 e. The molecule has 0 aliphatic heterocycles. The van der Waals surface area contributed by atoms with Crippen LogP contribution in [0.5, 0.6) is 0 Å². The van der Waals surface area contributed by atoms with E-state index in [1.165, 1.54) is 122 Å². The van der Waals surface area contributed by atoms with Crippen LogP contribution in [0.15, 0.2) is 12.2 Å². The van der Waals surface area contributed by atoms with Crippen LogP contribution in [0.3, 0.4) is 0 Å². The number of hydrogen-bond donors (Lipinski definition) is 6. The molecule has 0 amide bonds. The summed E-state index contributed by atoms with van der Waals surface area (Å²) in [7, 11) is -5.11. The highest BCUT2D eigenvalue weighted by molar-refractivity contribution is 7.47. The van der Waals surface area contributed by atoms with Gasteiger partial charge in [-0.05, 0) is 38.5 Å². The molecule has 6 atom stereocenters. The van der Waals surface area contributed by atoms with Crippen LogP contribution in [0.2, 0.25) is 0 Å². The maximum absolute atomic E-state index is 12.8. The van der Waals surface area contributed by atoms with Crippen molar-refractivity contribution in [2.45, 2.75) is 262 Å². The molecule has 0 heterocycles. The van der Waals surface area contributed by atoms with Crippen LogP contribution in [0.4, 0.5) is 0 Å². The summed E-state index contributed by atoms with van der Waals surface area (Å²) < 4.78 is 33.5. The van der Waals surface area contributed by atoms with E-state index in [1.807, 2.05) is 0 Å². The van der Waals surface area contributed by atoms with Gasteiger partial charge in [-0.15, -0.1) is 0 Å². The van der Waals surface area contributed by atoms with Gasteiger partial charge in [-0.2, -0.15) is 0 Å². The average Bonchev–Trinajstić information content (AvgIpc) is 3.24. The van der Waals surface area contributed by atoms with Crippen molar-refractivity contribution >= 4 is 19.8 Å². The Morgan fingerprint density at radius 1 is 0.492 bits per heavy atom. The van der Waals surface area contributed by atoms with E-state index in [0.29, 0.717) is 12.8 Å². The molecule has 1 fully saturated rings. The quantitative estimate of drug-likeness (QED) is 0.0146. The molecule has 0 spiro atoms. The lowest BCUT2D eigenvalue weighted by molar-refractivity contribution is -0.220. The molecule has 1 rings (SSSR count). The number of unbranched alkanes of at least 4 members (excludes halogenated alkanes) is 27. The zero-order chi connectivity index (χ0) is 45.0. The third-order valence-electron chi connectivity index (χ3n) is 11.6. The van der Waals surface area contributed by atoms with E-state index >= 15 is 0 Å². The lowest BCUT2D eigenvalue weighted by Gasteiger charge is -2.41. The van der Waals surface area contributed by atoms with Crippen LogP contribution >= 0.6 is 7.82 Å². The van der Waals surface area contributed by atoms with Gasteiger partial charge in [0.25, 0.3) is 0 Å². The smallest absolute Gasteiger partial charge is 0.462 e. The van der Waals surface area contributed by atoms with E-state index in [1.54, 1.807) is 0 Å². The second kappa shape index (κ2) is 37.9. The lowest BCUT2D eigenvalue weighted by Crippen LogP contribution is -2.64.